The second-order valence-electron chi connectivity index (χ2n) is 8.25. The van der Waals surface area contributed by atoms with Crippen LogP contribution in [-0.2, 0) is 0 Å². The number of nitrogens with one attached hydrogen (secondary N) is 1. The molecule has 1 saturated heterocycles. The minimum absolute atomic E-state index is 0.0437. The first kappa shape index (κ1) is 18.7. The fraction of sp³-hybridized carbons (Fsp3) is 0.364. The maximum atomic E-state index is 13.0. The van der Waals surface area contributed by atoms with E-state index in [1.165, 1.54) is 0 Å². The Morgan fingerprint density at radius 1 is 1.13 bits per heavy atom. The van der Waals surface area contributed by atoms with E-state index in [4.69, 9.17) is 0 Å². The second-order valence-corrected chi connectivity index (χ2v) is 8.25. The Labute approximate surface area is 174 Å². The molecule has 1 fully saturated rings. The lowest BCUT2D eigenvalue weighted by molar-refractivity contribution is 0.0664. The molecule has 4 aromatic rings. The fourth-order valence-corrected chi connectivity index (χ4v) is 4.04. The van der Waals surface area contributed by atoms with Gasteiger partial charge in [-0.3, -0.25) is 4.79 Å². The first-order valence-corrected chi connectivity index (χ1v) is 10.3. The van der Waals surface area contributed by atoms with Gasteiger partial charge in [0.25, 0.3) is 5.91 Å². The monoisotopic (exact) mass is 403 g/mol. The third-order valence-corrected chi connectivity index (χ3v) is 5.84. The number of carbonyl (C=O) groups is 1. The van der Waals surface area contributed by atoms with Crippen molar-refractivity contribution in [3.05, 3.63) is 42.2 Å². The van der Waals surface area contributed by atoms with Crippen molar-refractivity contribution in [2.24, 2.45) is 0 Å². The highest BCUT2D eigenvalue weighted by Crippen LogP contribution is 2.31. The average molecular weight is 403 g/mol. The van der Waals surface area contributed by atoms with Crippen molar-refractivity contribution in [1.82, 2.24) is 34.8 Å². The van der Waals surface area contributed by atoms with Gasteiger partial charge in [-0.25, -0.2) is 9.67 Å². The topological polar surface area (TPSA) is 82.9 Å². The number of rotatable bonds is 3. The molecule has 0 unspecified atom stereocenters. The third kappa shape index (κ3) is 3.13. The van der Waals surface area contributed by atoms with Crippen molar-refractivity contribution in [2.45, 2.75) is 19.9 Å². The number of benzene rings is 1. The van der Waals surface area contributed by atoms with Crippen LogP contribution in [0.3, 0.4) is 0 Å². The fourth-order valence-electron chi connectivity index (χ4n) is 4.04. The Kier molecular flexibility index (Phi) is 4.51. The van der Waals surface area contributed by atoms with Crippen molar-refractivity contribution in [3.8, 4) is 11.1 Å². The van der Waals surface area contributed by atoms with E-state index in [1.54, 1.807) is 6.20 Å². The van der Waals surface area contributed by atoms with Gasteiger partial charge in [0.05, 0.1) is 11.1 Å². The number of likely N-dealkylation sites (N-methyl/N-ethyl adjacent to an activating group) is 1. The highest BCUT2D eigenvalue weighted by molar-refractivity contribution is 6.01. The lowest BCUT2D eigenvalue weighted by atomic mass is 10.0. The molecule has 8 nitrogen and oxygen atoms in total. The molecule has 0 saturated carbocycles. The molecule has 1 N–H and O–H groups in total. The largest absolute Gasteiger partial charge is 0.346 e. The number of amides is 1. The molecule has 0 bridgehead atoms. The second kappa shape index (κ2) is 7.21. The van der Waals surface area contributed by atoms with Gasteiger partial charge in [-0.2, -0.15) is 0 Å². The molecular formula is C22H25N7O. The number of aromatic nitrogens is 5. The smallest absolute Gasteiger partial charge is 0.255 e. The summed E-state index contributed by atoms with van der Waals surface area (Å²) in [6, 6.07) is 8.31. The van der Waals surface area contributed by atoms with E-state index in [1.807, 2.05) is 34.0 Å². The van der Waals surface area contributed by atoms with Crippen LogP contribution in [0.15, 0.2) is 36.7 Å². The van der Waals surface area contributed by atoms with Gasteiger partial charge in [0.1, 0.15) is 11.2 Å². The maximum absolute atomic E-state index is 13.0. The van der Waals surface area contributed by atoms with Crippen LogP contribution in [0.25, 0.3) is 33.2 Å². The Morgan fingerprint density at radius 2 is 1.93 bits per heavy atom. The van der Waals surface area contributed by atoms with Crippen molar-refractivity contribution < 1.29 is 4.79 Å². The highest BCUT2D eigenvalue weighted by atomic mass is 16.2. The van der Waals surface area contributed by atoms with E-state index in [9.17, 15) is 4.79 Å². The minimum atomic E-state index is 0.0437. The molecule has 30 heavy (non-hydrogen) atoms. The van der Waals surface area contributed by atoms with Crippen LogP contribution in [0.5, 0.6) is 0 Å². The van der Waals surface area contributed by atoms with Crippen LogP contribution < -0.4 is 0 Å². The number of nitrogens with zero attached hydrogens (tertiary/aromatic N) is 6. The zero-order valence-electron chi connectivity index (χ0n) is 17.5. The van der Waals surface area contributed by atoms with Gasteiger partial charge in [0.2, 0.25) is 0 Å². The molecule has 3 aromatic heterocycles. The number of fused-ring (bicyclic) bond motifs is 2. The normalized spacial score (nSPS) is 15.5. The van der Waals surface area contributed by atoms with Crippen LogP contribution in [0, 0.1) is 0 Å². The number of piperazine rings is 1. The van der Waals surface area contributed by atoms with Crippen LogP contribution in [0.2, 0.25) is 0 Å². The predicted molar refractivity (Wildman–Crippen MR) is 116 cm³/mol. The molecule has 5 rings (SSSR count). The molecule has 1 aromatic carbocycles. The van der Waals surface area contributed by atoms with Crippen LogP contribution >= 0.6 is 0 Å². The molecular weight excluding hydrogens is 378 g/mol. The van der Waals surface area contributed by atoms with Gasteiger partial charge in [-0.05, 0) is 44.7 Å². The van der Waals surface area contributed by atoms with Crippen molar-refractivity contribution in [2.75, 3.05) is 33.2 Å². The number of hydrogen-bond acceptors (Lipinski definition) is 5. The summed E-state index contributed by atoms with van der Waals surface area (Å²) in [5, 5.41) is 9.47. The van der Waals surface area contributed by atoms with E-state index in [0.29, 0.717) is 5.56 Å². The average Bonchev–Trinajstić information content (AvgIpc) is 3.37. The van der Waals surface area contributed by atoms with E-state index >= 15 is 0 Å². The Hall–Kier alpha value is -3.26. The number of H-pyrrole nitrogens is 1. The van der Waals surface area contributed by atoms with Gasteiger partial charge >= 0.3 is 0 Å². The summed E-state index contributed by atoms with van der Waals surface area (Å²) >= 11 is 0. The van der Waals surface area contributed by atoms with Crippen molar-refractivity contribution >= 4 is 28.0 Å². The molecule has 1 aliphatic rings. The zero-order valence-corrected chi connectivity index (χ0v) is 17.5. The molecule has 0 atom stereocenters. The number of aromatic amines is 1. The standard InChI is InChI=1S/C22H25N7O/c1-14(2)29-20-11-15(4-5-19(20)25-26-29)18-13-24-21-17(18)10-16(12-23-21)22(30)28-8-6-27(3)7-9-28/h4-5,10-14H,6-9H2,1-3H3,(H,23,24). The SMILES string of the molecule is CC(C)n1nnc2ccc(-c3c[nH]c4ncc(C(=O)N5CCN(C)CC5)cc34)cc21. The summed E-state index contributed by atoms with van der Waals surface area (Å²) < 4.78 is 1.92. The summed E-state index contributed by atoms with van der Waals surface area (Å²) in [6.07, 6.45) is 3.62. The van der Waals surface area contributed by atoms with Gasteiger partial charge < -0.3 is 14.8 Å². The molecule has 0 radical (unpaired) electrons. The van der Waals surface area contributed by atoms with Crippen molar-refractivity contribution in [1.29, 1.82) is 0 Å². The summed E-state index contributed by atoms with van der Waals surface area (Å²) in [5.41, 5.74) is 5.33. The minimum Gasteiger partial charge on any atom is -0.346 e. The molecule has 8 heteroatoms. The van der Waals surface area contributed by atoms with Crippen molar-refractivity contribution in [3.63, 3.8) is 0 Å². The van der Waals surface area contributed by atoms with Gasteiger partial charge in [-0.15, -0.1) is 5.10 Å². The van der Waals surface area contributed by atoms with E-state index in [2.05, 4.69) is 52.1 Å². The summed E-state index contributed by atoms with van der Waals surface area (Å²) in [4.78, 5) is 24.9. The molecule has 1 amide bonds. The van der Waals surface area contributed by atoms with E-state index in [0.717, 1.165) is 59.4 Å². The number of carbonyl (C=O) groups excluding carboxylic acids is 1. The summed E-state index contributed by atoms with van der Waals surface area (Å²) in [7, 11) is 2.08. The zero-order chi connectivity index (χ0) is 20.8. The number of hydrogen-bond donors (Lipinski definition) is 1. The third-order valence-electron chi connectivity index (χ3n) is 5.84. The Bertz CT molecular complexity index is 1230. The quantitative estimate of drug-likeness (QED) is 0.569. The Morgan fingerprint density at radius 3 is 2.70 bits per heavy atom. The van der Waals surface area contributed by atoms with E-state index < -0.39 is 0 Å². The van der Waals surface area contributed by atoms with Crippen LogP contribution in [0.4, 0.5) is 0 Å². The molecule has 0 spiro atoms. The van der Waals surface area contributed by atoms with Gasteiger partial charge in [0, 0.05) is 55.6 Å². The lowest BCUT2D eigenvalue weighted by Gasteiger charge is -2.32. The predicted octanol–water partition coefficient (Wildman–Crippen LogP) is 2.94. The molecule has 1 aliphatic heterocycles. The summed E-state index contributed by atoms with van der Waals surface area (Å²) in [6.45, 7) is 7.47. The van der Waals surface area contributed by atoms with Crippen LogP contribution in [0.1, 0.15) is 30.2 Å². The van der Waals surface area contributed by atoms with Gasteiger partial charge in [0.15, 0.2) is 0 Å². The van der Waals surface area contributed by atoms with E-state index in [-0.39, 0.29) is 11.9 Å². The summed E-state index contributed by atoms with van der Waals surface area (Å²) in [5.74, 6) is 0.0437. The first-order valence-electron chi connectivity index (χ1n) is 10.3. The molecule has 4 heterocycles. The first-order chi connectivity index (χ1) is 14.5. The highest BCUT2D eigenvalue weighted by Gasteiger charge is 2.21. The number of pyridine rings is 1. The van der Waals surface area contributed by atoms with Crippen LogP contribution in [-0.4, -0.2) is 73.9 Å². The molecule has 154 valence electrons. The molecule has 0 aliphatic carbocycles. The Balaban J connectivity index is 1.54. The van der Waals surface area contributed by atoms with Gasteiger partial charge in [-0.1, -0.05) is 11.3 Å². The maximum Gasteiger partial charge on any atom is 0.255 e. The lowest BCUT2D eigenvalue weighted by Crippen LogP contribution is -2.47.